The zero-order valence-electron chi connectivity index (χ0n) is 9.96. The SMILES string of the molecule is COc1ccc(N2CC(CN)OC2=O)ccc1=O. The molecule has 2 rings (SSSR count). The second kappa shape index (κ2) is 5.05. The summed E-state index contributed by atoms with van der Waals surface area (Å²) in [5.41, 5.74) is 5.79. The fraction of sp³-hybridized carbons (Fsp3) is 0.333. The quantitative estimate of drug-likeness (QED) is 0.836. The highest BCUT2D eigenvalue weighted by Crippen LogP contribution is 2.20. The van der Waals surface area contributed by atoms with Gasteiger partial charge < -0.3 is 15.2 Å². The fourth-order valence-corrected chi connectivity index (χ4v) is 1.75. The van der Waals surface area contributed by atoms with Crippen LogP contribution in [0.15, 0.2) is 29.1 Å². The second-order valence-corrected chi connectivity index (χ2v) is 3.88. The maximum atomic E-state index is 11.6. The Kier molecular flexibility index (Phi) is 3.47. The third-order valence-corrected chi connectivity index (χ3v) is 2.72. The number of rotatable bonds is 3. The molecule has 0 aromatic heterocycles. The molecular formula is C12H14N2O4. The zero-order valence-corrected chi connectivity index (χ0v) is 9.96. The van der Waals surface area contributed by atoms with Crippen LogP contribution in [0.5, 0.6) is 5.75 Å². The summed E-state index contributed by atoms with van der Waals surface area (Å²) in [4.78, 5) is 24.6. The number of ether oxygens (including phenoxy) is 2. The molecule has 1 saturated heterocycles. The van der Waals surface area contributed by atoms with Crippen molar-refractivity contribution < 1.29 is 14.3 Å². The topological polar surface area (TPSA) is 81.9 Å². The molecule has 1 aromatic carbocycles. The minimum absolute atomic E-state index is 0.226. The van der Waals surface area contributed by atoms with Gasteiger partial charge in [0.2, 0.25) is 5.43 Å². The van der Waals surface area contributed by atoms with Gasteiger partial charge in [0.1, 0.15) is 6.10 Å². The van der Waals surface area contributed by atoms with Crippen LogP contribution < -0.4 is 20.8 Å². The predicted octanol–water partition coefficient (Wildman–Crippen LogP) is 0.339. The van der Waals surface area contributed by atoms with E-state index in [-0.39, 0.29) is 23.8 Å². The smallest absolute Gasteiger partial charge is 0.414 e. The van der Waals surface area contributed by atoms with Crippen molar-refractivity contribution in [3.63, 3.8) is 0 Å². The van der Waals surface area contributed by atoms with Crippen LogP contribution in [0.3, 0.4) is 0 Å². The second-order valence-electron chi connectivity index (χ2n) is 3.88. The van der Waals surface area contributed by atoms with Crippen molar-refractivity contribution in [3.05, 3.63) is 34.5 Å². The lowest BCUT2D eigenvalue weighted by Crippen LogP contribution is -2.27. The van der Waals surface area contributed by atoms with Gasteiger partial charge in [0, 0.05) is 12.2 Å². The molecule has 1 aromatic rings. The Bertz CT molecular complexity index is 518. The lowest BCUT2D eigenvalue weighted by atomic mass is 10.3. The first-order chi connectivity index (χ1) is 8.65. The predicted molar refractivity (Wildman–Crippen MR) is 65.9 cm³/mol. The molecule has 0 spiro atoms. The van der Waals surface area contributed by atoms with E-state index in [1.54, 1.807) is 12.1 Å². The van der Waals surface area contributed by atoms with Crippen molar-refractivity contribution >= 4 is 11.8 Å². The van der Waals surface area contributed by atoms with Crippen molar-refractivity contribution in [2.75, 3.05) is 25.1 Å². The summed E-state index contributed by atoms with van der Waals surface area (Å²) in [5, 5.41) is 0. The molecule has 1 fully saturated rings. The van der Waals surface area contributed by atoms with E-state index in [9.17, 15) is 9.59 Å². The normalized spacial score (nSPS) is 18.7. The molecule has 0 radical (unpaired) electrons. The van der Waals surface area contributed by atoms with E-state index in [1.807, 2.05) is 0 Å². The average Bonchev–Trinajstić information content (AvgIpc) is 2.64. The van der Waals surface area contributed by atoms with Gasteiger partial charge >= 0.3 is 6.09 Å². The van der Waals surface area contributed by atoms with Crippen molar-refractivity contribution in [1.29, 1.82) is 0 Å². The van der Waals surface area contributed by atoms with Crippen LogP contribution in [0.2, 0.25) is 0 Å². The number of nitrogens with two attached hydrogens (primary N) is 1. The van der Waals surface area contributed by atoms with Crippen molar-refractivity contribution in [1.82, 2.24) is 0 Å². The fourth-order valence-electron chi connectivity index (χ4n) is 1.75. The van der Waals surface area contributed by atoms with E-state index in [0.717, 1.165) is 0 Å². The number of carbonyl (C=O) groups excluding carboxylic acids is 1. The average molecular weight is 250 g/mol. The van der Waals surface area contributed by atoms with Crippen molar-refractivity contribution in [2.24, 2.45) is 5.73 Å². The summed E-state index contributed by atoms with van der Waals surface area (Å²) in [5.74, 6) is 0.226. The summed E-state index contributed by atoms with van der Waals surface area (Å²) in [7, 11) is 1.42. The molecule has 0 bridgehead atoms. The van der Waals surface area contributed by atoms with E-state index in [0.29, 0.717) is 12.2 Å². The molecule has 1 aliphatic rings. The first-order valence-electron chi connectivity index (χ1n) is 5.52. The first-order valence-corrected chi connectivity index (χ1v) is 5.52. The number of amides is 1. The summed E-state index contributed by atoms with van der Waals surface area (Å²) in [6.45, 7) is 0.660. The van der Waals surface area contributed by atoms with Gasteiger partial charge in [-0.15, -0.1) is 0 Å². The minimum atomic E-state index is -0.455. The molecule has 0 aliphatic carbocycles. The van der Waals surface area contributed by atoms with Gasteiger partial charge in [-0.1, -0.05) is 0 Å². The molecule has 1 atom stereocenters. The third-order valence-electron chi connectivity index (χ3n) is 2.72. The van der Waals surface area contributed by atoms with Crippen LogP contribution in [0.1, 0.15) is 0 Å². The van der Waals surface area contributed by atoms with Gasteiger partial charge in [-0.3, -0.25) is 9.69 Å². The minimum Gasteiger partial charge on any atom is -0.493 e. The number of nitrogens with zero attached hydrogens (tertiary/aromatic N) is 1. The lowest BCUT2D eigenvalue weighted by molar-refractivity contribution is 0.145. The highest BCUT2D eigenvalue weighted by molar-refractivity contribution is 5.89. The summed E-state index contributed by atoms with van der Waals surface area (Å²) in [6.07, 6.45) is -0.764. The van der Waals surface area contributed by atoms with Crippen LogP contribution in [0.25, 0.3) is 0 Å². The van der Waals surface area contributed by atoms with E-state index < -0.39 is 6.09 Å². The summed E-state index contributed by atoms with van der Waals surface area (Å²) in [6, 6.07) is 6.09. The molecule has 1 heterocycles. The van der Waals surface area contributed by atoms with Crippen LogP contribution in [-0.2, 0) is 4.74 Å². The third kappa shape index (κ3) is 2.28. The molecular weight excluding hydrogens is 236 g/mol. The van der Waals surface area contributed by atoms with E-state index in [1.165, 1.54) is 24.1 Å². The Morgan fingerprint density at radius 1 is 1.39 bits per heavy atom. The van der Waals surface area contributed by atoms with E-state index >= 15 is 0 Å². The zero-order chi connectivity index (χ0) is 13.1. The lowest BCUT2D eigenvalue weighted by Gasteiger charge is -2.10. The molecule has 1 amide bonds. The number of hydrogen-bond acceptors (Lipinski definition) is 5. The van der Waals surface area contributed by atoms with Crippen LogP contribution >= 0.6 is 0 Å². The Hall–Kier alpha value is -2.08. The number of anilines is 1. The Balaban J connectivity index is 2.33. The largest absolute Gasteiger partial charge is 0.493 e. The van der Waals surface area contributed by atoms with Gasteiger partial charge in [-0.25, -0.2) is 4.79 Å². The standard InChI is InChI=1S/C12H14N2O4/c1-17-11-5-3-8(2-4-10(11)15)14-7-9(6-13)18-12(14)16/h2-5,9H,6-7,13H2,1H3. The number of cyclic esters (lactones) is 1. The van der Waals surface area contributed by atoms with Crippen molar-refractivity contribution in [3.8, 4) is 5.75 Å². The number of hydrogen-bond donors (Lipinski definition) is 1. The molecule has 1 unspecified atom stereocenters. The van der Waals surface area contributed by atoms with Gasteiger partial charge in [0.05, 0.1) is 13.7 Å². The molecule has 2 N–H and O–H groups in total. The highest BCUT2D eigenvalue weighted by Gasteiger charge is 2.31. The molecule has 6 heteroatoms. The van der Waals surface area contributed by atoms with E-state index in [4.69, 9.17) is 15.2 Å². The Morgan fingerprint density at radius 2 is 2.11 bits per heavy atom. The van der Waals surface area contributed by atoms with Crippen LogP contribution in [-0.4, -0.2) is 32.4 Å². The van der Waals surface area contributed by atoms with Gasteiger partial charge in [0.25, 0.3) is 0 Å². The molecule has 0 saturated carbocycles. The van der Waals surface area contributed by atoms with E-state index in [2.05, 4.69) is 0 Å². The number of carbonyl (C=O) groups is 1. The number of methoxy groups -OCH3 is 1. The van der Waals surface area contributed by atoms with Gasteiger partial charge in [-0.2, -0.15) is 0 Å². The first kappa shape index (κ1) is 12.4. The molecule has 18 heavy (non-hydrogen) atoms. The van der Waals surface area contributed by atoms with Gasteiger partial charge in [-0.05, 0) is 24.3 Å². The molecule has 96 valence electrons. The molecule has 1 aliphatic heterocycles. The maximum absolute atomic E-state index is 11.6. The maximum Gasteiger partial charge on any atom is 0.414 e. The Labute approximate surface area is 104 Å². The van der Waals surface area contributed by atoms with Crippen molar-refractivity contribution in [2.45, 2.75) is 6.10 Å². The highest BCUT2D eigenvalue weighted by atomic mass is 16.6. The van der Waals surface area contributed by atoms with Crippen LogP contribution in [0.4, 0.5) is 10.5 Å². The summed E-state index contributed by atoms with van der Waals surface area (Å²) >= 11 is 0. The molecule has 6 nitrogen and oxygen atoms in total. The van der Waals surface area contributed by atoms with Gasteiger partial charge in [0.15, 0.2) is 5.75 Å². The monoisotopic (exact) mass is 250 g/mol. The summed E-state index contributed by atoms with van der Waals surface area (Å²) < 4.78 is 9.97. The Morgan fingerprint density at radius 3 is 2.72 bits per heavy atom. The van der Waals surface area contributed by atoms with Crippen LogP contribution in [0, 0.1) is 0 Å².